The molecule has 27 heavy (non-hydrogen) atoms. The zero-order chi connectivity index (χ0) is 19.7. The van der Waals surface area contributed by atoms with Crippen LogP contribution in [0.5, 0.6) is 0 Å². The van der Waals surface area contributed by atoms with Crippen LogP contribution in [0.15, 0.2) is 40.1 Å². The summed E-state index contributed by atoms with van der Waals surface area (Å²) in [5, 5.41) is 9.49. The van der Waals surface area contributed by atoms with Crippen LogP contribution in [-0.2, 0) is 23.1 Å². The average molecular weight is 375 g/mol. The van der Waals surface area contributed by atoms with Crippen molar-refractivity contribution in [3.05, 3.63) is 68.2 Å². The maximum Gasteiger partial charge on any atom is 0.328 e. The number of nitrogens with one attached hydrogen (secondary N) is 1. The van der Waals surface area contributed by atoms with E-state index in [-0.39, 0.29) is 25.1 Å². The molecule has 1 aromatic heterocycles. The molecule has 8 nitrogen and oxygen atoms in total. The van der Waals surface area contributed by atoms with Crippen LogP contribution in [0.2, 0.25) is 0 Å². The van der Waals surface area contributed by atoms with Gasteiger partial charge in [-0.05, 0) is 17.7 Å². The summed E-state index contributed by atoms with van der Waals surface area (Å²) in [6.45, 7) is 0.158. The second kappa shape index (κ2) is 7.18. The minimum Gasteiger partial charge on any atom is -0.481 e. The number of likely N-dealkylation sites (tertiary alicyclic amines) is 1. The van der Waals surface area contributed by atoms with Crippen molar-refractivity contribution in [1.82, 2.24) is 14.5 Å². The number of carboxylic acid groups (broad SMARTS) is 1. The van der Waals surface area contributed by atoms with Crippen molar-refractivity contribution in [3.8, 4) is 0 Å². The van der Waals surface area contributed by atoms with E-state index in [0.717, 1.165) is 4.57 Å². The number of nitrogens with zero attached hydrogens (tertiary/aromatic N) is 2. The van der Waals surface area contributed by atoms with Crippen LogP contribution in [-0.4, -0.2) is 44.5 Å². The molecule has 0 bridgehead atoms. The number of halogens is 1. The van der Waals surface area contributed by atoms with Crippen LogP contribution in [0.25, 0.3) is 0 Å². The lowest BCUT2D eigenvalue weighted by molar-refractivity contribution is -0.141. The van der Waals surface area contributed by atoms with E-state index in [1.807, 2.05) is 0 Å². The van der Waals surface area contributed by atoms with Crippen molar-refractivity contribution in [1.29, 1.82) is 0 Å². The minimum absolute atomic E-state index is 0.000120. The Bertz CT molecular complexity index is 995. The molecular weight excluding hydrogens is 357 g/mol. The summed E-state index contributed by atoms with van der Waals surface area (Å²) in [7, 11) is 1.30. The predicted molar refractivity (Wildman–Crippen MR) is 92.9 cm³/mol. The van der Waals surface area contributed by atoms with E-state index in [1.54, 1.807) is 0 Å². The van der Waals surface area contributed by atoms with Gasteiger partial charge in [-0.3, -0.25) is 19.0 Å². The lowest BCUT2D eigenvalue weighted by atomic mass is 9.89. The number of carboxylic acids is 1. The molecule has 3 rings (SSSR count). The van der Waals surface area contributed by atoms with Crippen molar-refractivity contribution in [2.45, 2.75) is 12.3 Å². The summed E-state index contributed by atoms with van der Waals surface area (Å²) in [4.78, 5) is 51.4. The van der Waals surface area contributed by atoms with Gasteiger partial charge in [0.1, 0.15) is 5.82 Å². The second-order valence-electron chi connectivity index (χ2n) is 6.56. The van der Waals surface area contributed by atoms with Gasteiger partial charge in [0.05, 0.1) is 12.3 Å². The molecule has 0 saturated carbocycles. The van der Waals surface area contributed by atoms with E-state index in [2.05, 4.69) is 4.98 Å². The Morgan fingerprint density at radius 2 is 1.89 bits per heavy atom. The highest BCUT2D eigenvalue weighted by Crippen LogP contribution is 2.33. The number of H-pyrrole nitrogens is 1. The molecule has 0 spiro atoms. The second-order valence-corrected chi connectivity index (χ2v) is 6.56. The van der Waals surface area contributed by atoms with Gasteiger partial charge in [0.15, 0.2) is 0 Å². The quantitative estimate of drug-likeness (QED) is 0.786. The first-order valence-electron chi connectivity index (χ1n) is 8.31. The molecule has 2 aromatic rings. The number of rotatable bonds is 4. The third kappa shape index (κ3) is 3.67. The summed E-state index contributed by atoms with van der Waals surface area (Å²) in [6.07, 6.45) is 0.955. The highest BCUT2D eigenvalue weighted by molar-refractivity contribution is 5.81. The minimum atomic E-state index is -1.04. The van der Waals surface area contributed by atoms with Gasteiger partial charge in [-0.1, -0.05) is 12.1 Å². The van der Waals surface area contributed by atoms with Gasteiger partial charge < -0.3 is 15.0 Å². The predicted octanol–water partition coefficient (Wildman–Crippen LogP) is 0.0820. The van der Waals surface area contributed by atoms with E-state index >= 15 is 0 Å². The first kappa shape index (κ1) is 18.6. The molecule has 9 heteroatoms. The van der Waals surface area contributed by atoms with Crippen molar-refractivity contribution in [2.75, 3.05) is 13.1 Å². The van der Waals surface area contributed by atoms with E-state index in [9.17, 15) is 28.7 Å². The molecule has 0 unspecified atom stereocenters. The number of hydrogen-bond donors (Lipinski definition) is 2. The number of carbonyl (C=O) groups excluding carboxylic acids is 1. The van der Waals surface area contributed by atoms with Gasteiger partial charge in [0.25, 0.3) is 5.56 Å². The zero-order valence-corrected chi connectivity index (χ0v) is 14.5. The van der Waals surface area contributed by atoms with Crippen LogP contribution < -0.4 is 11.2 Å². The number of aromatic amines is 1. The standard InChI is InChI=1S/C18H18FN3O5/c1-21-16(24)11(7-20-18(21)27)6-15(23)22-8-13(14(9-22)17(25)26)10-2-4-12(19)5-3-10/h2-5,7,13-14H,6,8-9H2,1H3,(H,20,27)(H,25,26)/t13-,14+/m1/s1. The molecule has 2 heterocycles. The Labute approximate surface area is 152 Å². The molecule has 1 saturated heterocycles. The van der Waals surface area contributed by atoms with Crippen LogP contribution >= 0.6 is 0 Å². The monoisotopic (exact) mass is 375 g/mol. The Hall–Kier alpha value is -3.23. The third-order valence-corrected chi connectivity index (χ3v) is 4.88. The molecule has 0 radical (unpaired) electrons. The van der Waals surface area contributed by atoms with E-state index < -0.39 is 40.8 Å². The number of aromatic nitrogens is 2. The molecule has 2 N–H and O–H groups in total. The molecule has 142 valence electrons. The largest absolute Gasteiger partial charge is 0.481 e. The van der Waals surface area contributed by atoms with Crippen LogP contribution in [0, 0.1) is 11.7 Å². The van der Waals surface area contributed by atoms with Crippen molar-refractivity contribution < 1.29 is 19.1 Å². The lowest BCUT2D eigenvalue weighted by Crippen LogP contribution is -2.37. The van der Waals surface area contributed by atoms with Gasteiger partial charge in [-0.15, -0.1) is 0 Å². The summed E-state index contributed by atoms with van der Waals surface area (Å²) in [5.41, 5.74) is -0.394. The third-order valence-electron chi connectivity index (χ3n) is 4.88. The van der Waals surface area contributed by atoms with Gasteiger partial charge in [-0.25, -0.2) is 9.18 Å². The van der Waals surface area contributed by atoms with E-state index in [1.165, 1.54) is 42.4 Å². The van der Waals surface area contributed by atoms with E-state index in [0.29, 0.717) is 5.56 Å². The normalized spacial score (nSPS) is 19.3. The van der Waals surface area contributed by atoms with Crippen molar-refractivity contribution >= 4 is 11.9 Å². The molecule has 1 aliphatic rings. The van der Waals surface area contributed by atoms with Crippen LogP contribution in [0.1, 0.15) is 17.0 Å². The Kier molecular flexibility index (Phi) is 4.93. The highest BCUT2D eigenvalue weighted by Gasteiger charge is 2.40. The number of aliphatic carboxylic acids is 1. The molecule has 0 aliphatic carbocycles. The summed E-state index contributed by atoms with van der Waals surface area (Å²) in [6, 6.07) is 5.54. The number of amides is 1. The molecule has 1 aromatic carbocycles. The average Bonchev–Trinajstić information content (AvgIpc) is 3.08. The fourth-order valence-corrected chi connectivity index (χ4v) is 3.32. The first-order valence-corrected chi connectivity index (χ1v) is 8.31. The Morgan fingerprint density at radius 3 is 2.52 bits per heavy atom. The Balaban J connectivity index is 1.81. The maximum absolute atomic E-state index is 13.1. The molecule has 1 fully saturated rings. The van der Waals surface area contributed by atoms with Crippen molar-refractivity contribution in [2.24, 2.45) is 13.0 Å². The maximum atomic E-state index is 13.1. The summed E-state index contributed by atoms with van der Waals surface area (Å²) in [5.74, 6) is -3.16. The highest BCUT2D eigenvalue weighted by atomic mass is 19.1. The molecule has 1 amide bonds. The zero-order valence-electron chi connectivity index (χ0n) is 14.5. The van der Waals surface area contributed by atoms with Crippen molar-refractivity contribution in [3.63, 3.8) is 0 Å². The number of benzene rings is 1. The molecule has 1 aliphatic heterocycles. The number of hydrogen-bond acceptors (Lipinski definition) is 4. The SMILES string of the molecule is Cn1c(=O)[nH]cc(CC(=O)N2C[C@H](C(=O)O)[C@@H](c3ccc(F)cc3)C2)c1=O. The van der Waals surface area contributed by atoms with Gasteiger partial charge >= 0.3 is 11.7 Å². The first-order chi connectivity index (χ1) is 12.8. The van der Waals surface area contributed by atoms with Crippen LogP contribution in [0.3, 0.4) is 0 Å². The molecular formula is C18H18FN3O5. The smallest absolute Gasteiger partial charge is 0.328 e. The number of carbonyl (C=O) groups is 2. The van der Waals surface area contributed by atoms with Gasteiger partial charge in [0, 0.05) is 37.8 Å². The fraction of sp³-hybridized carbons (Fsp3) is 0.333. The summed E-state index contributed by atoms with van der Waals surface area (Å²) < 4.78 is 14.0. The molecule has 2 atom stereocenters. The summed E-state index contributed by atoms with van der Waals surface area (Å²) >= 11 is 0. The van der Waals surface area contributed by atoms with Gasteiger partial charge in [-0.2, -0.15) is 0 Å². The van der Waals surface area contributed by atoms with E-state index in [4.69, 9.17) is 0 Å². The van der Waals surface area contributed by atoms with Crippen LogP contribution in [0.4, 0.5) is 4.39 Å². The van der Waals surface area contributed by atoms with Gasteiger partial charge in [0.2, 0.25) is 5.91 Å². The topological polar surface area (TPSA) is 112 Å². The fourth-order valence-electron chi connectivity index (χ4n) is 3.32. The Morgan fingerprint density at radius 1 is 1.22 bits per heavy atom. The lowest BCUT2D eigenvalue weighted by Gasteiger charge is -2.16.